The Morgan fingerprint density at radius 3 is 2.27 bits per heavy atom. The molecule has 3 aromatic carbocycles. The van der Waals surface area contributed by atoms with Crippen LogP contribution in [0.2, 0.25) is 0 Å². The van der Waals surface area contributed by atoms with Gasteiger partial charge in [-0.25, -0.2) is 4.39 Å². The normalized spacial score (nSPS) is 12.3. The first-order valence-electron chi connectivity index (χ1n) is 11.2. The fraction of sp³-hybridized carbons (Fsp3) is 0.207. The third-order valence-electron chi connectivity index (χ3n) is 6.11. The molecular formula is C29H29FN2O. The monoisotopic (exact) mass is 440 g/mol. The summed E-state index contributed by atoms with van der Waals surface area (Å²) in [5.41, 5.74) is 10.2. The number of halogens is 1. The molecule has 0 spiro atoms. The summed E-state index contributed by atoms with van der Waals surface area (Å²) in [6.07, 6.45) is 2.13. The van der Waals surface area contributed by atoms with E-state index in [-0.39, 0.29) is 5.83 Å². The van der Waals surface area contributed by atoms with Crippen molar-refractivity contribution in [3.63, 3.8) is 0 Å². The van der Waals surface area contributed by atoms with Crippen LogP contribution in [0.3, 0.4) is 0 Å². The minimum atomic E-state index is -0.803. The zero-order chi connectivity index (χ0) is 23.6. The third kappa shape index (κ3) is 4.61. The molecule has 4 heteroatoms. The molecule has 0 saturated carbocycles. The second-order valence-electron chi connectivity index (χ2n) is 9.18. The van der Waals surface area contributed by atoms with Crippen molar-refractivity contribution in [2.24, 2.45) is 11.1 Å². The SMILES string of the molecule is Cc1ccc(-c2c(/C(F)=C/Cc3ccccc3)c3ccccc3n2CC(C)(C)C(N)=O)cc1. The van der Waals surface area contributed by atoms with Gasteiger partial charge in [-0.05, 0) is 50.5 Å². The van der Waals surface area contributed by atoms with E-state index in [9.17, 15) is 4.79 Å². The molecule has 0 aliphatic rings. The van der Waals surface area contributed by atoms with Gasteiger partial charge in [0.2, 0.25) is 5.91 Å². The largest absolute Gasteiger partial charge is 0.369 e. The Balaban J connectivity index is 1.95. The molecule has 0 radical (unpaired) electrons. The molecule has 0 aliphatic heterocycles. The van der Waals surface area contributed by atoms with Crippen molar-refractivity contribution < 1.29 is 9.18 Å². The summed E-state index contributed by atoms with van der Waals surface area (Å²) in [5, 5.41) is 0.815. The number of carbonyl (C=O) groups excluding carboxylic acids is 1. The first-order valence-corrected chi connectivity index (χ1v) is 11.2. The van der Waals surface area contributed by atoms with E-state index in [4.69, 9.17) is 5.73 Å². The van der Waals surface area contributed by atoms with Gasteiger partial charge < -0.3 is 10.3 Å². The van der Waals surface area contributed by atoms with Gasteiger partial charge in [0.05, 0.1) is 11.1 Å². The lowest BCUT2D eigenvalue weighted by Gasteiger charge is -2.24. The van der Waals surface area contributed by atoms with Crippen molar-refractivity contribution in [3.8, 4) is 11.3 Å². The quantitative estimate of drug-likeness (QED) is 0.342. The fourth-order valence-corrected chi connectivity index (χ4v) is 4.12. The number of primary amides is 1. The number of benzene rings is 3. The number of hydrogen-bond donors (Lipinski definition) is 1. The highest BCUT2D eigenvalue weighted by Gasteiger charge is 2.30. The van der Waals surface area contributed by atoms with Crippen molar-refractivity contribution >= 4 is 22.6 Å². The van der Waals surface area contributed by atoms with Crippen LogP contribution >= 0.6 is 0 Å². The highest BCUT2D eigenvalue weighted by Crippen LogP contribution is 2.40. The van der Waals surface area contributed by atoms with E-state index in [2.05, 4.69) is 0 Å². The number of aromatic nitrogens is 1. The maximum atomic E-state index is 15.9. The maximum absolute atomic E-state index is 15.9. The predicted molar refractivity (Wildman–Crippen MR) is 134 cm³/mol. The zero-order valence-corrected chi connectivity index (χ0v) is 19.3. The van der Waals surface area contributed by atoms with Gasteiger partial charge in [-0.15, -0.1) is 0 Å². The molecule has 1 amide bonds. The molecule has 3 nitrogen and oxygen atoms in total. The number of amides is 1. The highest BCUT2D eigenvalue weighted by atomic mass is 19.1. The smallest absolute Gasteiger partial charge is 0.224 e. The summed E-state index contributed by atoms with van der Waals surface area (Å²) in [4.78, 5) is 12.2. The number of para-hydroxylation sites is 1. The van der Waals surface area contributed by atoms with Crippen LogP contribution in [0.5, 0.6) is 0 Å². The van der Waals surface area contributed by atoms with Crippen LogP contribution in [-0.2, 0) is 17.8 Å². The number of nitrogens with two attached hydrogens (primary N) is 1. The van der Waals surface area contributed by atoms with Crippen molar-refractivity contribution in [3.05, 3.63) is 102 Å². The fourth-order valence-electron chi connectivity index (χ4n) is 4.12. The Morgan fingerprint density at radius 2 is 1.61 bits per heavy atom. The van der Waals surface area contributed by atoms with Crippen LogP contribution in [0, 0.1) is 12.3 Å². The number of allylic oxidation sites excluding steroid dienone is 1. The molecule has 33 heavy (non-hydrogen) atoms. The molecule has 0 saturated heterocycles. The molecule has 2 N–H and O–H groups in total. The molecule has 0 fully saturated rings. The van der Waals surface area contributed by atoms with E-state index in [1.807, 2.05) is 104 Å². The van der Waals surface area contributed by atoms with Crippen LogP contribution in [0.1, 0.15) is 30.5 Å². The average molecular weight is 441 g/mol. The number of carbonyl (C=O) groups is 1. The van der Waals surface area contributed by atoms with Gasteiger partial charge in [0.15, 0.2) is 0 Å². The van der Waals surface area contributed by atoms with Gasteiger partial charge in [-0.3, -0.25) is 4.79 Å². The van der Waals surface area contributed by atoms with Crippen LogP contribution < -0.4 is 5.73 Å². The Morgan fingerprint density at radius 1 is 0.970 bits per heavy atom. The zero-order valence-electron chi connectivity index (χ0n) is 19.3. The van der Waals surface area contributed by atoms with Crippen LogP contribution in [0.4, 0.5) is 4.39 Å². The molecule has 168 valence electrons. The molecular weight excluding hydrogens is 411 g/mol. The van der Waals surface area contributed by atoms with Gasteiger partial charge in [0, 0.05) is 23.0 Å². The van der Waals surface area contributed by atoms with E-state index in [1.54, 1.807) is 6.08 Å². The van der Waals surface area contributed by atoms with Gasteiger partial charge in [-0.1, -0.05) is 78.4 Å². The topological polar surface area (TPSA) is 48.0 Å². The van der Waals surface area contributed by atoms with Crippen LogP contribution in [0.25, 0.3) is 28.0 Å². The summed E-state index contributed by atoms with van der Waals surface area (Å²) < 4.78 is 18.0. The summed E-state index contributed by atoms with van der Waals surface area (Å²) in [6, 6.07) is 25.6. The number of hydrogen-bond acceptors (Lipinski definition) is 1. The summed E-state index contributed by atoms with van der Waals surface area (Å²) in [6.45, 7) is 6.02. The summed E-state index contributed by atoms with van der Waals surface area (Å²) in [7, 11) is 0. The maximum Gasteiger partial charge on any atom is 0.224 e. The first-order chi connectivity index (χ1) is 15.8. The lowest BCUT2D eigenvalue weighted by atomic mass is 9.92. The lowest BCUT2D eigenvalue weighted by molar-refractivity contribution is -0.126. The Labute approximate surface area is 194 Å². The first kappa shape index (κ1) is 22.5. The van der Waals surface area contributed by atoms with E-state index in [0.29, 0.717) is 18.5 Å². The summed E-state index contributed by atoms with van der Waals surface area (Å²) in [5.74, 6) is -0.668. The van der Waals surface area contributed by atoms with Gasteiger partial charge in [0.25, 0.3) is 0 Å². The second-order valence-corrected chi connectivity index (χ2v) is 9.18. The van der Waals surface area contributed by atoms with Crippen molar-refractivity contribution in [2.75, 3.05) is 0 Å². The average Bonchev–Trinajstić information content (AvgIpc) is 3.12. The second kappa shape index (κ2) is 9.07. The van der Waals surface area contributed by atoms with E-state index < -0.39 is 11.3 Å². The van der Waals surface area contributed by atoms with Crippen molar-refractivity contribution in [1.29, 1.82) is 0 Å². The molecule has 0 aliphatic carbocycles. The van der Waals surface area contributed by atoms with Crippen LogP contribution in [0.15, 0.2) is 84.9 Å². The van der Waals surface area contributed by atoms with Crippen LogP contribution in [-0.4, -0.2) is 10.5 Å². The highest BCUT2D eigenvalue weighted by molar-refractivity contribution is 5.99. The van der Waals surface area contributed by atoms with Gasteiger partial charge in [-0.2, -0.15) is 0 Å². The van der Waals surface area contributed by atoms with E-state index >= 15 is 4.39 Å². The minimum Gasteiger partial charge on any atom is -0.369 e. The Hall–Kier alpha value is -3.66. The Kier molecular flexibility index (Phi) is 6.19. The molecule has 0 unspecified atom stereocenters. The molecule has 0 atom stereocenters. The molecule has 4 rings (SSSR count). The van der Waals surface area contributed by atoms with E-state index in [1.165, 1.54) is 0 Å². The number of fused-ring (bicyclic) bond motifs is 1. The Bertz CT molecular complexity index is 1320. The van der Waals surface area contributed by atoms with E-state index in [0.717, 1.165) is 33.3 Å². The molecule has 0 bridgehead atoms. The van der Waals surface area contributed by atoms with Gasteiger partial charge in [0.1, 0.15) is 5.83 Å². The minimum absolute atomic E-state index is 0.277. The third-order valence-corrected chi connectivity index (χ3v) is 6.11. The predicted octanol–water partition coefficient (Wildman–Crippen LogP) is 6.68. The number of aryl methyl sites for hydroxylation is 1. The van der Waals surface area contributed by atoms with Gasteiger partial charge >= 0.3 is 0 Å². The number of rotatable bonds is 7. The number of nitrogens with zero attached hydrogens (tertiary/aromatic N) is 1. The summed E-state index contributed by atoms with van der Waals surface area (Å²) >= 11 is 0. The van der Waals surface area contributed by atoms with Crippen molar-refractivity contribution in [1.82, 2.24) is 4.57 Å². The molecule has 1 aromatic heterocycles. The van der Waals surface area contributed by atoms with Crippen molar-refractivity contribution in [2.45, 2.75) is 33.7 Å². The molecule has 4 aromatic rings. The molecule has 1 heterocycles. The lowest BCUT2D eigenvalue weighted by Crippen LogP contribution is -2.35. The standard InChI is InChI=1S/C29H29FN2O/c1-20-13-16-22(17-14-20)27-26(24(30)18-15-21-9-5-4-6-10-21)23-11-7-8-12-25(23)32(27)19-29(2,3)28(31)33/h4-14,16-18H,15,19H2,1-3H3,(H2,31,33)/b24-18-.